The highest BCUT2D eigenvalue weighted by atomic mass is 16.3. The maximum absolute atomic E-state index is 9.20. The normalized spacial score (nSPS) is 10.3. The van der Waals surface area contributed by atoms with E-state index in [-0.39, 0.29) is 5.75 Å². The first-order valence-electron chi connectivity index (χ1n) is 5.85. The fourth-order valence-corrected chi connectivity index (χ4v) is 1.84. The summed E-state index contributed by atoms with van der Waals surface area (Å²) in [5.41, 5.74) is 3.01. The molecule has 92 valence electrons. The van der Waals surface area contributed by atoms with Crippen LogP contribution in [0.2, 0.25) is 0 Å². The molecular weight excluding hydrogens is 238 g/mol. The minimum Gasteiger partial charge on any atom is -0.505 e. The van der Waals surface area contributed by atoms with Crippen molar-refractivity contribution in [1.82, 2.24) is 15.0 Å². The highest BCUT2D eigenvalue weighted by Gasteiger charge is 2.03. The van der Waals surface area contributed by atoms with Crippen molar-refractivity contribution in [2.24, 2.45) is 0 Å². The lowest BCUT2D eigenvalue weighted by molar-refractivity contribution is 0.470. The van der Waals surface area contributed by atoms with Crippen LogP contribution in [-0.4, -0.2) is 20.1 Å². The molecule has 1 N–H and O–H groups in total. The summed E-state index contributed by atoms with van der Waals surface area (Å²) in [5.74, 6) is 0.649. The molecule has 0 aliphatic heterocycles. The summed E-state index contributed by atoms with van der Waals surface area (Å²) in [5, 5.41) is 9.20. The van der Waals surface area contributed by atoms with Gasteiger partial charge in [0.25, 0.3) is 0 Å². The van der Waals surface area contributed by atoms with Crippen LogP contribution in [-0.2, 0) is 0 Å². The molecule has 0 unspecified atom stereocenters. The Morgan fingerprint density at radius 3 is 2.26 bits per heavy atom. The summed E-state index contributed by atoms with van der Waals surface area (Å²) in [6, 6.07) is 11.8. The molecule has 4 heteroatoms. The Morgan fingerprint density at radius 2 is 1.53 bits per heavy atom. The second-order valence-corrected chi connectivity index (χ2v) is 4.09. The molecule has 0 spiro atoms. The number of pyridine rings is 1. The maximum atomic E-state index is 9.20. The zero-order valence-corrected chi connectivity index (χ0v) is 10.1. The third kappa shape index (κ3) is 2.42. The molecule has 0 fully saturated rings. The Morgan fingerprint density at radius 1 is 0.789 bits per heavy atom. The van der Waals surface area contributed by atoms with Crippen LogP contribution in [0.5, 0.6) is 5.75 Å². The molecule has 2 aromatic heterocycles. The Bertz CT molecular complexity index is 681. The first kappa shape index (κ1) is 11.3. The van der Waals surface area contributed by atoms with E-state index in [1.807, 2.05) is 42.6 Å². The highest BCUT2D eigenvalue weighted by molar-refractivity contribution is 5.69. The summed E-state index contributed by atoms with van der Waals surface area (Å²) < 4.78 is 0. The van der Waals surface area contributed by atoms with E-state index < -0.39 is 0 Å². The van der Waals surface area contributed by atoms with Crippen molar-refractivity contribution >= 4 is 0 Å². The number of aromatic nitrogens is 3. The quantitative estimate of drug-likeness (QED) is 0.758. The molecule has 0 radical (unpaired) electrons. The van der Waals surface area contributed by atoms with Crippen LogP contribution in [0.15, 0.2) is 61.2 Å². The predicted molar refractivity (Wildman–Crippen MR) is 72.4 cm³/mol. The fourth-order valence-electron chi connectivity index (χ4n) is 1.84. The molecule has 0 amide bonds. The van der Waals surface area contributed by atoms with Crippen molar-refractivity contribution in [3.8, 4) is 28.3 Å². The van der Waals surface area contributed by atoms with Crippen LogP contribution in [0.3, 0.4) is 0 Å². The molecule has 1 aromatic carbocycles. The third-order valence-electron chi connectivity index (χ3n) is 2.75. The Kier molecular flexibility index (Phi) is 2.90. The lowest BCUT2D eigenvalue weighted by atomic mass is 10.0. The van der Waals surface area contributed by atoms with Crippen LogP contribution in [0, 0.1) is 0 Å². The van der Waals surface area contributed by atoms with E-state index in [0.717, 1.165) is 16.7 Å². The maximum Gasteiger partial charge on any atom is 0.159 e. The average molecular weight is 249 g/mol. The number of nitrogens with zero attached hydrogens (tertiary/aromatic N) is 3. The molecule has 19 heavy (non-hydrogen) atoms. The lowest BCUT2D eigenvalue weighted by Crippen LogP contribution is -1.88. The Labute approximate surface area is 110 Å². The van der Waals surface area contributed by atoms with E-state index in [2.05, 4.69) is 15.0 Å². The second kappa shape index (κ2) is 4.86. The van der Waals surface area contributed by atoms with Gasteiger partial charge in [0.1, 0.15) is 0 Å². The van der Waals surface area contributed by atoms with Crippen LogP contribution in [0.1, 0.15) is 0 Å². The molecule has 2 heterocycles. The smallest absolute Gasteiger partial charge is 0.159 e. The van der Waals surface area contributed by atoms with Gasteiger partial charge in [-0.05, 0) is 17.7 Å². The van der Waals surface area contributed by atoms with Gasteiger partial charge in [-0.1, -0.05) is 24.3 Å². The molecule has 0 bridgehead atoms. The van der Waals surface area contributed by atoms with Crippen LogP contribution in [0.4, 0.5) is 0 Å². The second-order valence-electron chi connectivity index (χ2n) is 4.09. The number of hydrogen-bond acceptors (Lipinski definition) is 4. The number of aromatic hydroxyl groups is 1. The van der Waals surface area contributed by atoms with E-state index in [1.54, 1.807) is 6.20 Å². The van der Waals surface area contributed by atoms with Gasteiger partial charge in [-0.2, -0.15) is 0 Å². The summed E-state index contributed by atoms with van der Waals surface area (Å²) in [4.78, 5) is 12.3. The average Bonchev–Trinajstić information content (AvgIpc) is 2.49. The number of hydrogen-bond donors (Lipinski definition) is 1. The topological polar surface area (TPSA) is 58.9 Å². The van der Waals surface area contributed by atoms with E-state index in [4.69, 9.17) is 0 Å². The van der Waals surface area contributed by atoms with Crippen molar-refractivity contribution in [3.05, 3.63) is 61.2 Å². The van der Waals surface area contributed by atoms with Crippen molar-refractivity contribution in [2.45, 2.75) is 0 Å². The monoisotopic (exact) mass is 249 g/mol. The highest BCUT2D eigenvalue weighted by Crippen LogP contribution is 2.23. The zero-order valence-electron chi connectivity index (χ0n) is 10.1. The van der Waals surface area contributed by atoms with Crippen molar-refractivity contribution in [3.63, 3.8) is 0 Å². The molecule has 3 rings (SSSR count). The third-order valence-corrected chi connectivity index (χ3v) is 2.75. The van der Waals surface area contributed by atoms with Gasteiger partial charge in [-0.15, -0.1) is 0 Å². The standard InChI is InChI=1S/C15H11N3O/c19-14-9-17-15(18-10-14)12-4-1-3-11(7-12)13-5-2-6-16-8-13/h1-10,19H. The molecule has 0 aliphatic carbocycles. The molecule has 0 saturated heterocycles. The first-order chi connectivity index (χ1) is 9.33. The van der Waals surface area contributed by atoms with Crippen molar-refractivity contribution < 1.29 is 5.11 Å². The van der Waals surface area contributed by atoms with E-state index in [0.29, 0.717) is 5.82 Å². The van der Waals surface area contributed by atoms with Gasteiger partial charge < -0.3 is 5.11 Å². The minimum atomic E-state index is 0.0622. The van der Waals surface area contributed by atoms with Crippen LogP contribution < -0.4 is 0 Å². The molecule has 0 saturated carbocycles. The number of rotatable bonds is 2. The molecule has 4 nitrogen and oxygen atoms in total. The Balaban J connectivity index is 2.03. The summed E-state index contributed by atoms with van der Waals surface area (Å²) in [6.45, 7) is 0. The molecule has 0 atom stereocenters. The minimum absolute atomic E-state index is 0.0622. The largest absolute Gasteiger partial charge is 0.505 e. The molecule has 0 aliphatic rings. The molecule has 3 aromatic rings. The van der Waals surface area contributed by atoms with Gasteiger partial charge >= 0.3 is 0 Å². The SMILES string of the molecule is Oc1cnc(-c2cccc(-c3cccnc3)c2)nc1. The molecular formula is C15H11N3O. The summed E-state index contributed by atoms with van der Waals surface area (Å²) in [6.07, 6.45) is 6.34. The van der Waals surface area contributed by atoms with Crippen LogP contribution >= 0.6 is 0 Å². The Hall–Kier alpha value is -2.75. The zero-order chi connectivity index (χ0) is 13.1. The van der Waals surface area contributed by atoms with Gasteiger partial charge in [0, 0.05) is 23.5 Å². The lowest BCUT2D eigenvalue weighted by Gasteiger charge is -2.04. The summed E-state index contributed by atoms with van der Waals surface area (Å²) in [7, 11) is 0. The van der Waals surface area contributed by atoms with E-state index >= 15 is 0 Å². The number of benzene rings is 1. The van der Waals surface area contributed by atoms with Crippen molar-refractivity contribution in [1.29, 1.82) is 0 Å². The van der Waals surface area contributed by atoms with Gasteiger partial charge in [0.05, 0.1) is 12.4 Å². The predicted octanol–water partition coefficient (Wildman–Crippen LogP) is 2.91. The van der Waals surface area contributed by atoms with Gasteiger partial charge in [0.15, 0.2) is 11.6 Å². The fraction of sp³-hybridized carbons (Fsp3) is 0. The van der Waals surface area contributed by atoms with Crippen molar-refractivity contribution in [2.75, 3.05) is 0 Å². The first-order valence-corrected chi connectivity index (χ1v) is 5.85. The van der Waals surface area contributed by atoms with Gasteiger partial charge in [-0.25, -0.2) is 9.97 Å². The van der Waals surface area contributed by atoms with Gasteiger partial charge in [0.2, 0.25) is 0 Å². The van der Waals surface area contributed by atoms with E-state index in [1.165, 1.54) is 12.4 Å². The van der Waals surface area contributed by atoms with Gasteiger partial charge in [-0.3, -0.25) is 4.98 Å². The summed E-state index contributed by atoms with van der Waals surface area (Å²) >= 11 is 0. The van der Waals surface area contributed by atoms with Crippen LogP contribution in [0.25, 0.3) is 22.5 Å². The van der Waals surface area contributed by atoms with E-state index in [9.17, 15) is 5.11 Å².